The number of nitrogens with one attached hydrogen (secondary N) is 1. The van der Waals surface area contributed by atoms with E-state index in [4.69, 9.17) is 10.5 Å². The van der Waals surface area contributed by atoms with Crippen molar-refractivity contribution >= 4 is 5.91 Å². The molecule has 5 nitrogen and oxygen atoms in total. The highest BCUT2D eigenvalue weighted by atomic mass is 16.5. The lowest BCUT2D eigenvalue weighted by molar-refractivity contribution is -0.123. The van der Waals surface area contributed by atoms with Gasteiger partial charge in [-0.15, -0.1) is 0 Å². The van der Waals surface area contributed by atoms with Crippen LogP contribution in [0.25, 0.3) is 0 Å². The number of nitrogens with zero attached hydrogens (tertiary/aromatic N) is 1. The van der Waals surface area contributed by atoms with Crippen LogP contribution in [-0.4, -0.2) is 43.7 Å². The molecule has 1 saturated heterocycles. The molecule has 3 N–H and O–H groups in total. The highest BCUT2D eigenvalue weighted by Crippen LogP contribution is 2.18. The zero-order valence-electron chi connectivity index (χ0n) is 15.0. The van der Waals surface area contributed by atoms with Gasteiger partial charge in [-0.25, -0.2) is 0 Å². The molecule has 1 aliphatic heterocycles. The van der Waals surface area contributed by atoms with Crippen LogP contribution in [0, 0.1) is 5.92 Å². The number of nitrogens with two attached hydrogens (primary N) is 1. The molecule has 0 bridgehead atoms. The van der Waals surface area contributed by atoms with Crippen LogP contribution in [0.4, 0.5) is 0 Å². The average molecular weight is 333 g/mol. The largest absolute Gasteiger partial charge is 0.380 e. The third-order valence-corrected chi connectivity index (χ3v) is 4.80. The van der Waals surface area contributed by atoms with Crippen molar-refractivity contribution in [2.75, 3.05) is 26.7 Å². The number of likely N-dealkylation sites (tertiary alicyclic amines) is 1. The molecule has 1 aliphatic rings. The van der Waals surface area contributed by atoms with Crippen LogP contribution in [0.2, 0.25) is 0 Å². The molecule has 1 amide bonds. The lowest BCUT2D eigenvalue weighted by Crippen LogP contribution is -2.32. The van der Waals surface area contributed by atoms with Crippen molar-refractivity contribution in [3.05, 3.63) is 35.4 Å². The Morgan fingerprint density at radius 2 is 1.92 bits per heavy atom. The summed E-state index contributed by atoms with van der Waals surface area (Å²) in [5.41, 5.74) is 7.98. The molecule has 0 radical (unpaired) electrons. The number of ether oxygens (including phenoxy) is 1. The Balaban J connectivity index is 1.74. The summed E-state index contributed by atoms with van der Waals surface area (Å²) in [4.78, 5) is 14.4. The van der Waals surface area contributed by atoms with Crippen molar-refractivity contribution in [1.82, 2.24) is 10.2 Å². The van der Waals surface area contributed by atoms with Crippen LogP contribution in [-0.2, 0) is 22.6 Å². The number of amides is 1. The lowest BCUT2D eigenvalue weighted by atomic mass is 9.99. The molecule has 0 saturated carbocycles. The maximum atomic E-state index is 11.8. The van der Waals surface area contributed by atoms with Gasteiger partial charge < -0.3 is 15.8 Å². The van der Waals surface area contributed by atoms with Crippen molar-refractivity contribution in [2.24, 2.45) is 11.7 Å². The molecule has 0 aliphatic carbocycles. The minimum absolute atomic E-state index is 0.0289. The number of methoxy groups -OCH3 is 1. The second kappa shape index (κ2) is 9.77. The van der Waals surface area contributed by atoms with E-state index in [2.05, 4.69) is 41.4 Å². The molecule has 1 heterocycles. The number of piperidine rings is 1. The second-order valence-corrected chi connectivity index (χ2v) is 6.85. The zero-order valence-corrected chi connectivity index (χ0v) is 15.0. The van der Waals surface area contributed by atoms with Gasteiger partial charge in [-0.3, -0.25) is 9.69 Å². The Labute approximate surface area is 145 Å². The Hall–Kier alpha value is -1.43. The molecule has 1 fully saturated rings. The average Bonchev–Trinajstić information content (AvgIpc) is 2.61. The van der Waals surface area contributed by atoms with Crippen LogP contribution in [0.15, 0.2) is 24.3 Å². The summed E-state index contributed by atoms with van der Waals surface area (Å²) in [5.74, 6) is 0.836. The van der Waals surface area contributed by atoms with Gasteiger partial charge in [0, 0.05) is 26.7 Å². The molecule has 1 aromatic carbocycles. The van der Waals surface area contributed by atoms with E-state index < -0.39 is 0 Å². The number of carbonyl (C=O) groups is 1. The molecular weight excluding hydrogens is 302 g/mol. The van der Waals surface area contributed by atoms with Gasteiger partial charge in [-0.05, 0) is 43.0 Å². The summed E-state index contributed by atoms with van der Waals surface area (Å²) in [7, 11) is 1.58. The monoisotopic (exact) mass is 333 g/mol. The van der Waals surface area contributed by atoms with E-state index in [1.165, 1.54) is 31.5 Å². The van der Waals surface area contributed by atoms with E-state index >= 15 is 0 Å². The van der Waals surface area contributed by atoms with E-state index in [1.54, 1.807) is 7.11 Å². The first-order valence-corrected chi connectivity index (χ1v) is 8.90. The predicted molar refractivity (Wildman–Crippen MR) is 96.4 cm³/mol. The Morgan fingerprint density at radius 1 is 1.29 bits per heavy atom. The smallest absolute Gasteiger partial charge is 0.222 e. The molecule has 2 rings (SSSR count). The van der Waals surface area contributed by atoms with E-state index in [0.717, 1.165) is 18.0 Å². The predicted octanol–water partition coefficient (Wildman–Crippen LogP) is 1.90. The maximum Gasteiger partial charge on any atom is 0.222 e. The fourth-order valence-corrected chi connectivity index (χ4v) is 2.98. The first-order chi connectivity index (χ1) is 11.6. The summed E-state index contributed by atoms with van der Waals surface area (Å²) in [6, 6.07) is 8.52. The number of rotatable bonds is 8. The van der Waals surface area contributed by atoms with Crippen LogP contribution in [0.3, 0.4) is 0 Å². The van der Waals surface area contributed by atoms with Crippen molar-refractivity contribution in [2.45, 2.75) is 45.4 Å². The molecule has 1 aromatic rings. The standard InChI is InChI=1S/C19H31N3O2/c1-15-7-9-22(10-8-15)14-17-5-3-16(4-6-17)13-21-19(23)11-18(12-20)24-2/h3-6,15,18H,7-14,20H2,1-2H3,(H,21,23). The SMILES string of the molecule is COC(CN)CC(=O)NCc1ccc(CN2CCC(C)CC2)cc1. The number of benzene rings is 1. The highest BCUT2D eigenvalue weighted by Gasteiger charge is 2.15. The Bertz CT molecular complexity index is 492. The normalized spacial score (nSPS) is 17.6. The molecule has 0 spiro atoms. The van der Waals surface area contributed by atoms with Gasteiger partial charge in [0.05, 0.1) is 12.5 Å². The quantitative estimate of drug-likeness (QED) is 0.762. The Kier molecular flexibility index (Phi) is 7.69. The molecule has 24 heavy (non-hydrogen) atoms. The third kappa shape index (κ3) is 6.23. The minimum atomic E-state index is -0.209. The molecule has 1 atom stereocenters. The van der Waals surface area contributed by atoms with E-state index in [9.17, 15) is 4.79 Å². The summed E-state index contributed by atoms with van der Waals surface area (Å²) < 4.78 is 5.13. The highest BCUT2D eigenvalue weighted by molar-refractivity contribution is 5.76. The summed E-state index contributed by atoms with van der Waals surface area (Å²) in [6.45, 7) is 6.64. The third-order valence-electron chi connectivity index (χ3n) is 4.80. The van der Waals surface area contributed by atoms with E-state index in [1.807, 2.05) is 0 Å². The van der Waals surface area contributed by atoms with E-state index in [0.29, 0.717) is 19.5 Å². The second-order valence-electron chi connectivity index (χ2n) is 6.85. The fraction of sp³-hybridized carbons (Fsp3) is 0.632. The lowest BCUT2D eigenvalue weighted by Gasteiger charge is -2.30. The van der Waals surface area contributed by atoms with Crippen molar-refractivity contribution in [3.8, 4) is 0 Å². The van der Waals surface area contributed by atoms with E-state index in [-0.39, 0.29) is 12.0 Å². The Morgan fingerprint density at radius 3 is 2.50 bits per heavy atom. The van der Waals surface area contributed by atoms with Gasteiger partial charge >= 0.3 is 0 Å². The van der Waals surface area contributed by atoms with Crippen molar-refractivity contribution < 1.29 is 9.53 Å². The van der Waals surface area contributed by atoms with Gasteiger partial charge in [-0.2, -0.15) is 0 Å². The zero-order chi connectivity index (χ0) is 17.4. The minimum Gasteiger partial charge on any atom is -0.380 e. The molecule has 134 valence electrons. The first-order valence-electron chi connectivity index (χ1n) is 8.90. The van der Waals surface area contributed by atoms with Gasteiger partial charge in [0.2, 0.25) is 5.91 Å². The number of hydrogen-bond donors (Lipinski definition) is 2. The summed E-state index contributed by atoms with van der Waals surface area (Å²) in [5, 5.41) is 2.92. The number of carbonyl (C=O) groups excluding carboxylic acids is 1. The fourth-order valence-electron chi connectivity index (χ4n) is 2.98. The van der Waals surface area contributed by atoms with Crippen LogP contribution >= 0.6 is 0 Å². The summed E-state index contributed by atoms with van der Waals surface area (Å²) in [6.07, 6.45) is 2.70. The van der Waals surface area contributed by atoms with Crippen LogP contribution in [0.5, 0.6) is 0 Å². The molecule has 1 unspecified atom stereocenters. The maximum absolute atomic E-state index is 11.8. The van der Waals surface area contributed by atoms with Gasteiger partial charge in [-0.1, -0.05) is 31.2 Å². The van der Waals surface area contributed by atoms with Gasteiger partial charge in [0.1, 0.15) is 0 Å². The van der Waals surface area contributed by atoms with Crippen LogP contribution in [0.1, 0.15) is 37.3 Å². The van der Waals surface area contributed by atoms with Gasteiger partial charge in [0.25, 0.3) is 0 Å². The topological polar surface area (TPSA) is 67.6 Å². The van der Waals surface area contributed by atoms with Crippen LogP contribution < -0.4 is 11.1 Å². The molecule has 0 aromatic heterocycles. The van der Waals surface area contributed by atoms with Gasteiger partial charge in [0.15, 0.2) is 0 Å². The van der Waals surface area contributed by atoms with Crippen molar-refractivity contribution in [1.29, 1.82) is 0 Å². The number of hydrogen-bond acceptors (Lipinski definition) is 4. The van der Waals surface area contributed by atoms with Crippen molar-refractivity contribution in [3.63, 3.8) is 0 Å². The summed E-state index contributed by atoms with van der Waals surface area (Å²) >= 11 is 0. The first kappa shape index (κ1) is 18.9. The molecule has 5 heteroatoms. The molecular formula is C19H31N3O2.